The minimum absolute atomic E-state index is 0.729. The van der Waals surface area contributed by atoms with Crippen molar-refractivity contribution in [1.29, 1.82) is 0 Å². The molecule has 0 spiro atoms. The van der Waals surface area contributed by atoms with Crippen LogP contribution in [0.15, 0.2) is 0 Å². The molecule has 0 aromatic heterocycles. The van der Waals surface area contributed by atoms with Gasteiger partial charge in [-0.05, 0) is 0 Å². The van der Waals surface area contributed by atoms with E-state index in [2.05, 4.69) is 4.18 Å². The lowest BCUT2D eigenvalue weighted by atomic mass is 9.96. The molecule has 0 saturated carbocycles. The summed E-state index contributed by atoms with van der Waals surface area (Å²) in [6.07, 6.45) is -25.7. The third-order valence-electron chi connectivity index (χ3n) is 6.36. The molecule has 15 atom stereocenters. The van der Waals surface area contributed by atoms with E-state index in [0.29, 0.717) is 0 Å². The molecule has 3 fully saturated rings. The van der Waals surface area contributed by atoms with E-state index >= 15 is 0 Å². The van der Waals surface area contributed by atoms with Gasteiger partial charge in [-0.3, -0.25) is 4.18 Å². The Morgan fingerprint density at radius 2 is 1.05 bits per heavy atom. The number of ether oxygens (including phenoxy) is 5. The molecule has 19 heteroatoms. The van der Waals surface area contributed by atoms with Crippen molar-refractivity contribution in [1.82, 2.24) is 0 Å². The highest BCUT2D eigenvalue weighted by Gasteiger charge is 2.53. The van der Waals surface area contributed by atoms with E-state index in [0.717, 1.165) is 6.26 Å². The van der Waals surface area contributed by atoms with Crippen molar-refractivity contribution in [3.05, 3.63) is 0 Å². The van der Waals surface area contributed by atoms with E-state index in [1.165, 1.54) is 0 Å². The van der Waals surface area contributed by atoms with Gasteiger partial charge in [0.1, 0.15) is 73.2 Å². The van der Waals surface area contributed by atoms with E-state index in [1.807, 2.05) is 0 Å². The summed E-state index contributed by atoms with van der Waals surface area (Å²) in [5.41, 5.74) is 0. The second-order valence-electron chi connectivity index (χ2n) is 9.14. The van der Waals surface area contributed by atoms with Crippen molar-refractivity contribution in [2.45, 2.75) is 92.1 Å². The monoisotopic (exact) mass is 582 g/mol. The van der Waals surface area contributed by atoms with Gasteiger partial charge >= 0.3 is 0 Å². The van der Waals surface area contributed by atoms with Crippen molar-refractivity contribution in [3.8, 4) is 0 Å². The minimum Gasteiger partial charge on any atom is -0.394 e. The van der Waals surface area contributed by atoms with Crippen LogP contribution in [-0.4, -0.2) is 178 Å². The highest BCUT2D eigenvalue weighted by molar-refractivity contribution is 7.85. The zero-order valence-electron chi connectivity index (χ0n) is 19.9. The van der Waals surface area contributed by atoms with Gasteiger partial charge < -0.3 is 74.7 Å². The molecule has 0 aromatic carbocycles. The summed E-state index contributed by atoms with van der Waals surface area (Å²) in [4.78, 5) is 0. The molecule has 3 rings (SSSR count). The van der Waals surface area contributed by atoms with E-state index in [4.69, 9.17) is 23.7 Å². The highest BCUT2D eigenvalue weighted by atomic mass is 32.2. The second kappa shape index (κ2) is 12.9. The Balaban J connectivity index is 1.72. The Kier molecular flexibility index (Phi) is 10.8. The highest BCUT2D eigenvalue weighted by Crippen LogP contribution is 2.32. The summed E-state index contributed by atoms with van der Waals surface area (Å²) in [5, 5.41) is 101. The van der Waals surface area contributed by atoms with Gasteiger partial charge in [-0.25, -0.2) is 0 Å². The molecule has 224 valence electrons. The zero-order chi connectivity index (χ0) is 28.5. The Hall–Kier alpha value is -0.690. The maximum atomic E-state index is 11.3. The van der Waals surface area contributed by atoms with Gasteiger partial charge in [-0.1, -0.05) is 0 Å². The largest absolute Gasteiger partial charge is 0.394 e. The first-order valence-electron chi connectivity index (χ1n) is 11.5. The molecule has 18 nitrogen and oxygen atoms in total. The standard InChI is InChI=1S/C19H34O18S/c1-38(30,31)32-4-7-8(22)9(23)13(27)18(35-7)37-16-6(3-21)34-19(14(28)11(16)25)36-15-5(2-20)33-17(29)12(26)10(15)24/h5-29H,2-4H2,1H3/t5-,6-,7-,8-,9+,10-,11-,12-,13-,14-,15-,16-,17+,18-,19-/m1/s1. The van der Waals surface area contributed by atoms with Crippen LogP contribution in [0.1, 0.15) is 0 Å². The van der Waals surface area contributed by atoms with Crippen LogP contribution in [0.4, 0.5) is 0 Å². The third-order valence-corrected chi connectivity index (χ3v) is 6.92. The first-order chi connectivity index (χ1) is 17.7. The van der Waals surface area contributed by atoms with Crippen molar-refractivity contribution in [3.63, 3.8) is 0 Å². The predicted molar refractivity (Wildman–Crippen MR) is 115 cm³/mol. The number of rotatable bonds is 9. The van der Waals surface area contributed by atoms with Crippen LogP contribution in [-0.2, 0) is 38.0 Å². The van der Waals surface area contributed by atoms with Gasteiger partial charge in [0.2, 0.25) is 0 Å². The lowest BCUT2D eigenvalue weighted by Gasteiger charge is -2.47. The second-order valence-corrected chi connectivity index (χ2v) is 10.8. The van der Waals surface area contributed by atoms with Gasteiger partial charge in [0.05, 0.1) is 26.1 Å². The molecule has 10 N–H and O–H groups in total. The molecular weight excluding hydrogens is 548 g/mol. The normalized spacial score (nSPS) is 48.7. The summed E-state index contributed by atoms with van der Waals surface area (Å²) in [6.45, 7) is -2.44. The first kappa shape index (κ1) is 31.8. The number of aliphatic hydroxyl groups excluding tert-OH is 10. The first-order valence-corrected chi connectivity index (χ1v) is 13.3. The molecule has 3 aliphatic heterocycles. The maximum absolute atomic E-state index is 11.3. The minimum atomic E-state index is -3.97. The fourth-order valence-corrected chi connectivity index (χ4v) is 4.62. The molecule has 0 unspecified atom stereocenters. The SMILES string of the molecule is CS(=O)(=O)OC[C@H]1O[C@H](O[C@H]2[C@H](O)[C@@H](O)[C@@H](O[C@H]3[C@H](O)[C@@H](O)[C@@H](O)O[C@@H]3CO)O[C@@H]2CO)[C@H](O)[C@@H](O)[C@@H]1O. The molecular formula is C19H34O18S. The smallest absolute Gasteiger partial charge is 0.264 e. The molecule has 0 radical (unpaired) electrons. The lowest BCUT2D eigenvalue weighted by molar-refractivity contribution is -0.377. The molecule has 3 saturated heterocycles. The van der Waals surface area contributed by atoms with Crippen LogP contribution in [0, 0.1) is 0 Å². The predicted octanol–water partition coefficient (Wildman–Crippen LogP) is -7.59. The van der Waals surface area contributed by atoms with E-state index in [9.17, 15) is 59.5 Å². The molecule has 0 aliphatic carbocycles. The summed E-state index contributed by atoms with van der Waals surface area (Å²) in [6, 6.07) is 0. The number of aliphatic hydroxyl groups is 10. The van der Waals surface area contributed by atoms with E-state index in [1.54, 1.807) is 0 Å². The molecule has 3 aliphatic rings. The Labute approximate surface area is 216 Å². The van der Waals surface area contributed by atoms with E-state index in [-0.39, 0.29) is 0 Å². The van der Waals surface area contributed by atoms with Crippen LogP contribution in [0.2, 0.25) is 0 Å². The van der Waals surface area contributed by atoms with Gasteiger partial charge in [0.15, 0.2) is 18.9 Å². The van der Waals surface area contributed by atoms with E-state index < -0.39 is 122 Å². The zero-order valence-corrected chi connectivity index (χ0v) is 20.7. The average Bonchev–Trinajstić information content (AvgIpc) is 2.86. The van der Waals surface area contributed by atoms with Crippen LogP contribution in [0.25, 0.3) is 0 Å². The fraction of sp³-hybridized carbons (Fsp3) is 1.00. The third kappa shape index (κ3) is 6.95. The Morgan fingerprint density at radius 1 is 0.605 bits per heavy atom. The lowest BCUT2D eigenvalue weighted by Crippen LogP contribution is -2.66. The van der Waals surface area contributed by atoms with Gasteiger partial charge in [0.25, 0.3) is 10.1 Å². The molecule has 38 heavy (non-hydrogen) atoms. The summed E-state index contributed by atoms with van der Waals surface area (Å²) >= 11 is 0. The topological polar surface area (TPSA) is 292 Å². The van der Waals surface area contributed by atoms with Crippen LogP contribution < -0.4 is 0 Å². The van der Waals surface area contributed by atoms with Gasteiger partial charge in [-0.2, -0.15) is 8.42 Å². The van der Waals surface area contributed by atoms with Crippen molar-refractivity contribution in [2.24, 2.45) is 0 Å². The quantitative estimate of drug-likeness (QED) is 0.113. The van der Waals surface area contributed by atoms with Crippen LogP contribution in [0.5, 0.6) is 0 Å². The maximum Gasteiger partial charge on any atom is 0.264 e. The van der Waals surface area contributed by atoms with Crippen molar-refractivity contribution < 1.29 is 87.4 Å². The molecule has 3 heterocycles. The number of hydrogen-bond acceptors (Lipinski definition) is 18. The summed E-state index contributed by atoms with van der Waals surface area (Å²) in [5.74, 6) is 0. The Bertz CT molecular complexity index is 857. The van der Waals surface area contributed by atoms with Crippen molar-refractivity contribution >= 4 is 10.1 Å². The summed E-state index contributed by atoms with van der Waals surface area (Å²) < 4.78 is 53.7. The van der Waals surface area contributed by atoms with Gasteiger partial charge in [0, 0.05) is 0 Å². The Morgan fingerprint density at radius 3 is 1.55 bits per heavy atom. The number of hydrogen-bond donors (Lipinski definition) is 10. The average molecular weight is 583 g/mol. The van der Waals surface area contributed by atoms with Crippen molar-refractivity contribution in [2.75, 3.05) is 26.1 Å². The molecule has 0 bridgehead atoms. The molecule has 0 aromatic rings. The van der Waals surface area contributed by atoms with Crippen LogP contribution >= 0.6 is 0 Å². The fourth-order valence-electron chi connectivity index (χ4n) is 4.24. The van der Waals surface area contributed by atoms with Crippen LogP contribution in [0.3, 0.4) is 0 Å². The molecule has 0 amide bonds. The van der Waals surface area contributed by atoms with Gasteiger partial charge in [-0.15, -0.1) is 0 Å². The summed E-state index contributed by atoms with van der Waals surface area (Å²) in [7, 11) is -3.97.